The maximum absolute atomic E-state index is 5.10. The number of hydrogen-bond acceptors (Lipinski definition) is 1. The van der Waals surface area contributed by atoms with Gasteiger partial charge in [-0.15, -0.1) is 0 Å². The van der Waals surface area contributed by atoms with Gasteiger partial charge in [0.25, 0.3) is 0 Å². The van der Waals surface area contributed by atoms with E-state index < -0.39 is 0 Å². The van der Waals surface area contributed by atoms with Crippen molar-refractivity contribution in [1.82, 2.24) is 0 Å². The second-order valence-corrected chi connectivity index (χ2v) is 2.99. The molecule has 0 aliphatic heterocycles. The fraction of sp³-hybridized carbons (Fsp3) is 0.636. The van der Waals surface area contributed by atoms with Crippen molar-refractivity contribution < 1.29 is 4.74 Å². The lowest BCUT2D eigenvalue weighted by atomic mass is 10.2. The minimum Gasteiger partial charge on any atom is -0.501 e. The Kier molecular flexibility index (Phi) is 6.54. The van der Waals surface area contributed by atoms with E-state index in [2.05, 4.69) is 26.0 Å². The number of rotatable bonds is 5. The molecule has 0 aromatic carbocycles. The van der Waals surface area contributed by atoms with Gasteiger partial charge in [-0.1, -0.05) is 31.9 Å². The zero-order valence-corrected chi connectivity index (χ0v) is 8.68. The SMILES string of the molecule is CCCCC=CC(C)=C(C)OC. The van der Waals surface area contributed by atoms with Gasteiger partial charge in [0.05, 0.1) is 12.9 Å². The van der Waals surface area contributed by atoms with Crippen molar-refractivity contribution in [3.8, 4) is 0 Å². The Labute approximate surface area is 76.1 Å². The van der Waals surface area contributed by atoms with Crippen LogP contribution in [0, 0.1) is 0 Å². The average Bonchev–Trinajstić information content (AvgIpc) is 2.10. The maximum Gasteiger partial charge on any atom is 0.0953 e. The Bertz CT molecular complexity index is 166. The average molecular weight is 168 g/mol. The molecule has 70 valence electrons. The van der Waals surface area contributed by atoms with Gasteiger partial charge in [-0.05, 0) is 25.8 Å². The molecular weight excluding hydrogens is 148 g/mol. The van der Waals surface area contributed by atoms with Gasteiger partial charge in [-0.2, -0.15) is 0 Å². The van der Waals surface area contributed by atoms with Crippen molar-refractivity contribution in [2.24, 2.45) is 0 Å². The Morgan fingerprint density at radius 1 is 1.33 bits per heavy atom. The van der Waals surface area contributed by atoms with Crippen molar-refractivity contribution in [2.75, 3.05) is 7.11 Å². The molecule has 0 spiro atoms. The van der Waals surface area contributed by atoms with Gasteiger partial charge >= 0.3 is 0 Å². The topological polar surface area (TPSA) is 9.23 Å². The van der Waals surface area contributed by atoms with E-state index in [1.807, 2.05) is 6.92 Å². The minimum atomic E-state index is 1.00. The molecule has 0 atom stereocenters. The van der Waals surface area contributed by atoms with E-state index >= 15 is 0 Å². The first-order chi connectivity index (χ1) is 5.72. The predicted molar refractivity (Wildman–Crippen MR) is 54.0 cm³/mol. The Hall–Kier alpha value is -0.720. The summed E-state index contributed by atoms with van der Waals surface area (Å²) in [7, 11) is 1.71. The number of methoxy groups -OCH3 is 1. The van der Waals surface area contributed by atoms with E-state index in [4.69, 9.17) is 4.74 Å². The van der Waals surface area contributed by atoms with Crippen LogP contribution in [0.3, 0.4) is 0 Å². The summed E-state index contributed by atoms with van der Waals surface area (Å²) in [5.41, 5.74) is 1.22. The smallest absolute Gasteiger partial charge is 0.0953 e. The number of allylic oxidation sites excluding steroid dienone is 4. The summed E-state index contributed by atoms with van der Waals surface area (Å²) in [5.74, 6) is 1.00. The lowest BCUT2D eigenvalue weighted by Gasteiger charge is -2.00. The monoisotopic (exact) mass is 168 g/mol. The minimum absolute atomic E-state index is 1.00. The number of unbranched alkanes of at least 4 members (excludes halogenated alkanes) is 2. The van der Waals surface area contributed by atoms with Crippen molar-refractivity contribution in [3.63, 3.8) is 0 Å². The summed E-state index contributed by atoms with van der Waals surface area (Å²) >= 11 is 0. The summed E-state index contributed by atoms with van der Waals surface area (Å²) in [6.07, 6.45) is 8.05. The van der Waals surface area contributed by atoms with Gasteiger partial charge in [0.15, 0.2) is 0 Å². The second kappa shape index (κ2) is 6.96. The Morgan fingerprint density at radius 3 is 2.50 bits per heavy atom. The molecule has 0 saturated carbocycles. The molecule has 0 heterocycles. The zero-order chi connectivity index (χ0) is 9.40. The van der Waals surface area contributed by atoms with Crippen LogP contribution in [-0.2, 0) is 4.74 Å². The quantitative estimate of drug-likeness (QED) is 0.346. The van der Waals surface area contributed by atoms with Crippen molar-refractivity contribution in [1.29, 1.82) is 0 Å². The van der Waals surface area contributed by atoms with Gasteiger partial charge in [-0.3, -0.25) is 0 Å². The van der Waals surface area contributed by atoms with Crippen LogP contribution in [0.25, 0.3) is 0 Å². The number of ether oxygens (including phenoxy) is 1. The van der Waals surface area contributed by atoms with Gasteiger partial charge in [0.1, 0.15) is 0 Å². The molecule has 12 heavy (non-hydrogen) atoms. The highest BCUT2D eigenvalue weighted by molar-refractivity contribution is 5.18. The molecule has 0 radical (unpaired) electrons. The van der Waals surface area contributed by atoms with E-state index in [1.165, 1.54) is 24.8 Å². The van der Waals surface area contributed by atoms with E-state index in [-0.39, 0.29) is 0 Å². The largest absolute Gasteiger partial charge is 0.501 e. The van der Waals surface area contributed by atoms with E-state index in [1.54, 1.807) is 7.11 Å². The van der Waals surface area contributed by atoms with Crippen LogP contribution >= 0.6 is 0 Å². The van der Waals surface area contributed by atoms with E-state index in [0.717, 1.165) is 5.76 Å². The third kappa shape index (κ3) is 5.00. The van der Waals surface area contributed by atoms with Gasteiger partial charge < -0.3 is 4.74 Å². The molecule has 0 aliphatic carbocycles. The fourth-order valence-electron chi connectivity index (χ4n) is 0.860. The molecule has 0 rings (SSSR count). The molecular formula is C11H20O. The highest BCUT2D eigenvalue weighted by Gasteiger charge is 1.89. The van der Waals surface area contributed by atoms with Gasteiger partial charge in [-0.25, -0.2) is 0 Å². The van der Waals surface area contributed by atoms with Gasteiger partial charge in [0.2, 0.25) is 0 Å². The Morgan fingerprint density at radius 2 is 2.00 bits per heavy atom. The number of hydrogen-bond donors (Lipinski definition) is 0. The predicted octanol–water partition coefficient (Wildman–Crippen LogP) is 3.67. The molecule has 0 amide bonds. The zero-order valence-electron chi connectivity index (χ0n) is 8.68. The second-order valence-electron chi connectivity index (χ2n) is 2.99. The van der Waals surface area contributed by atoms with Crippen LogP contribution in [-0.4, -0.2) is 7.11 Å². The first-order valence-electron chi connectivity index (χ1n) is 4.60. The van der Waals surface area contributed by atoms with Crippen LogP contribution in [0.15, 0.2) is 23.5 Å². The molecule has 0 aromatic rings. The normalized spacial score (nSPS) is 13.3. The summed E-state index contributed by atoms with van der Waals surface area (Å²) in [5, 5.41) is 0. The van der Waals surface area contributed by atoms with E-state index in [9.17, 15) is 0 Å². The lowest BCUT2D eigenvalue weighted by molar-refractivity contribution is 0.290. The lowest BCUT2D eigenvalue weighted by Crippen LogP contribution is -1.83. The highest BCUT2D eigenvalue weighted by atomic mass is 16.5. The Balaban J connectivity index is 3.82. The first kappa shape index (κ1) is 11.3. The van der Waals surface area contributed by atoms with Crippen LogP contribution in [0.1, 0.15) is 40.0 Å². The van der Waals surface area contributed by atoms with Crippen molar-refractivity contribution in [2.45, 2.75) is 40.0 Å². The third-order valence-corrected chi connectivity index (χ3v) is 1.95. The summed E-state index contributed by atoms with van der Waals surface area (Å²) < 4.78 is 5.10. The molecule has 0 saturated heterocycles. The fourth-order valence-corrected chi connectivity index (χ4v) is 0.860. The molecule has 0 unspecified atom stereocenters. The molecule has 1 heteroatoms. The van der Waals surface area contributed by atoms with Crippen LogP contribution in [0.2, 0.25) is 0 Å². The van der Waals surface area contributed by atoms with E-state index in [0.29, 0.717) is 0 Å². The van der Waals surface area contributed by atoms with Crippen molar-refractivity contribution in [3.05, 3.63) is 23.5 Å². The standard InChI is InChI=1S/C11H20O/c1-5-6-7-8-9-10(2)11(3)12-4/h8-9H,5-7H2,1-4H3. The molecule has 1 nitrogen and oxygen atoms in total. The van der Waals surface area contributed by atoms with Crippen LogP contribution in [0.4, 0.5) is 0 Å². The summed E-state index contributed by atoms with van der Waals surface area (Å²) in [6.45, 7) is 6.26. The molecule has 0 aliphatic rings. The maximum atomic E-state index is 5.10. The third-order valence-electron chi connectivity index (χ3n) is 1.95. The van der Waals surface area contributed by atoms with Crippen molar-refractivity contribution >= 4 is 0 Å². The summed E-state index contributed by atoms with van der Waals surface area (Å²) in [6, 6.07) is 0. The highest BCUT2D eigenvalue weighted by Crippen LogP contribution is 2.06. The van der Waals surface area contributed by atoms with Crippen LogP contribution in [0.5, 0.6) is 0 Å². The molecule has 0 N–H and O–H groups in total. The molecule has 0 bridgehead atoms. The molecule has 0 fully saturated rings. The van der Waals surface area contributed by atoms with Gasteiger partial charge in [0, 0.05) is 0 Å². The summed E-state index contributed by atoms with van der Waals surface area (Å²) in [4.78, 5) is 0. The molecule has 0 aromatic heterocycles. The van der Waals surface area contributed by atoms with Crippen LogP contribution < -0.4 is 0 Å². The first-order valence-corrected chi connectivity index (χ1v) is 4.60.